The normalized spacial score (nSPS) is 29.3. The van der Waals surface area contributed by atoms with E-state index in [-0.39, 0.29) is 54.7 Å². The molecule has 2 aliphatic heterocycles. The molecule has 0 aromatic carbocycles. The molecule has 3 saturated carbocycles. The number of hydrogen-bond donors (Lipinski definition) is 4. The lowest BCUT2D eigenvalue weighted by Gasteiger charge is -2.64. The van der Waals surface area contributed by atoms with Gasteiger partial charge in [-0.15, -0.1) is 0 Å². The van der Waals surface area contributed by atoms with Gasteiger partial charge in [-0.1, -0.05) is 33.1 Å². The molecule has 0 radical (unpaired) electrons. The van der Waals surface area contributed by atoms with Crippen LogP contribution < -0.4 is 21.8 Å². The Morgan fingerprint density at radius 2 is 1.90 bits per heavy atom. The third-order valence-corrected chi connectivity index (χ3v) is 10.6. The number of nitrogens with two attached hydrogens (primary N) is 1. The zero-order valence-electron chi connectivity index (χ0n) is 29.9. The molecule has 0 spiro atoms. The second kappa shape index (κ2) is 14.8. The lowest BCUT2D eigenvalue weighted by Crippen LogP contribution is -2.65. The van der Waals surface area contributed by atoms with Gasteiger partial charge in [0.05, 0.1) is 23.6 Å². The maximum absolute atomic E-state index is 14.0. The van der Waals surface area contributed by atoms with Gasteiger partial charge >= 0.3 is 13.2 Å². The lowest BCUT2D eigenvalue weighted by molar-refractivity contribution is -0.525. The van der Waals surface area contributed by atoms with Crippen molar-refractivity contribution in [3.05, 3.63) is 10.1 Å². The third-order valence-electron chi connectivity index (χ3n) is 10.6. The quantitative estimate of drug-likeness (QED) is 0.0595. The summed E-state index contributed by atoms with van der Waals surface area (Å²) in [6, 6.07) is -0.935. The molecule has 15 nitrogen and oxygen atoms in total. The topological polar surface area (TPSA) is 200 Å². The molecule has 5 aliphatic rings. The number of aliphatic imine (C=N–C) groups is 1. The Labute approximate surface area is 284 Å². The molecule has 2 bridgehead atoms. The minimum absolute atomic E-state index is 0.0448. The summed E-state index contributed by atoms with van der Waals surface area (Å²) in [7, 11) is -0.629. The molecular formula is C32H56BN7O8. The van der Waals surface area contributed by atoms with Gasteiger partial charge in [-0.3, -0.25) is 9.59 Å². The van der Waals surface area contributed by atoms with E-state index in [0.717, 1.165) is 12.8 Å². The van der Waals surface area contributed by atoms with Crippen LogP contribution >= 0.6 is 0 Å². The van der Waals surface area contributed by atoms with E-state index in [1.165, 1.54) is 4.90 Å². The van der Waals surface area contributed by atoms with Gasteiger partial charge in [-0.25, -0.2) is 19.9 Å². The van der Waals surface area contributed by atoms with E-state index < -0.39 is 47.3 Å². The number of amides is 3. The average Bonchev–Trinajstić information content (AvgIpc) is 3.34. The first-order chi connectivity index (χ1) is 22.3. The average molecular weight is 678 g/mol. The highest BCUT2D eigenvalue weighted by molar-refractivity contribution is 6.48. The van der Waals surface area contributed by atoms with Crippen molar-refractivity contribution in [2.75, 3.05) is 19.6 Å². The van der Waals surface area contributed by atoms with Crippen molar-refractivity contribution in [3.63, 3.8) is 0 Å². The molecule has 0 aromatic heterocycles. The smallest absolute Gasteiger partial charge is 0.444 e. The van der Waals surface area contributed by atoms with Crippen LogP contribution in [0, 0.1) is 39.2 Å². The molecule has 5 rings (SSSR count). The Balaban J connectivity index is 1.46. The predicted molar refractivity (Wildman–Crippen MR) is 180 cm³/mol. The van der Waals surface area contributed by atoms with Gasteiger partial charge in [0, 0.05) is 19.6 Å². The Hall–Kier alpha value is -3.14. The van der Waals surface area contributed by atoms with Crippen molar-refractivity contribution >= 4 is 31.0 Å². The van der Waals surface area contributed by atoms with Crippen molar-refractivity contribution < 1.29 is 33.5 Å². The van der Waals surface area contributed by atoms with Crippen LogP contribution in [0.25, 0.3) is 0 Å². The number of piperidine rings is 1. The summed E-state index contributed by atoms with van der Waals surface area (Å²) in [5.74, 6) is -0.859. The maximum atomic E-state index is 14.0. The second-order valence-corrected chi connectivity index (χ2v) is 16.2. The van der Waals surface area contributed by atoms with Gasteiger partial charge in [0.25, 0.3) is 5.96 Å². The van der Waals surface area contributed by atoms with Gasteiger partial charge < -0.3 is 35.3 Å². The van der Waals surface area contributed by atoms with Crippen molar-refractivity contribution in [3.8, 4) is 0 Å². The van der Waals surface area contributed by atoms with Crippen molar-refractivity contribution in [2.45, 2.75) is 130 Å². The number of hydrogen-bond acceptors (Lipinski definition) is 9. The second-order valence-electron chi connectivity index (χ2n) is 16.2. The summed E-state index contributed by atoms with van der Waals surface area (Å²) in [6.07, 6.45) is 3.83. The molecule has 5 fully saturated rings. The Bertz CT molecular complexity index is 1240. The number of carbonyl (C=O) groups excluding carboxylic acids is 3. The van der Waals surface area contributed by atoms with Gasteiger partial charge in [0.2, 0.25) is 11.8 Å². The number of nitrogens with zero attached hydrogens (tertiary/aromatic N) is 3. The van der Waals surface area contributed by atoms with Crippen LogP contribution in [0.4, 0.5) is 4.79 Å². The monoisotopic (exact) mass is 677 g/mol. The molecular weight excluding hydrogens is 621 g/mol. The van der Waals surface area contributed by atoms with E-state index in [1.807, 2.05) is 0 Å². The van der Waals surface area contributed by atoms with Crippen molar-refractivity contribution in [1.82, 2.24) is 21.0 Å². The van der Waals surface area contributed by atoms with Gasteiger partial charge in [-0.2, -0.15) is 0 Å². The van der Waals surface area contributed by atoms with Crippen LogP contribution in [-0.4, -0.2) is 89.8 Å². The number of carbonyl (C=O) groups is 3. The molecule has 3 amide bonds. The van der Waals surface area contributed by atoms with E-state index in [1.54, 1.807) is 26.2 Å². The summed E-state index contributed by atoms with van der Waals surface area (Å²) in [6.45, 7) is 17.0. The first-order valence-corrected chi connectivity index (χ1v) is 17.4. The van der Waals surface area contributed by atoms with Crippen LogP contribution in [0.5, 0.6) is 0 Å². The fourth-order valence-corrected chi connectivity index (χ4v) is 7.97. The SMILES string of the molecule is CC(C)C[C@H](NC(=O)[C@H](CCCN=C(N)N[N+](=O)[O-])NC(=O)C1CCCN(C(=O)OC(C)(C)C)C1)B1O[C@@H]2C[C@@H]3C[C@@H](C3(C)C)[C@]2(C)O1. The number of nitrogens with one attached hydrogen (secondary N) is 3. The predicted octanol–water partition coefficient (Wildman–Crippen LogP) is 2.79. The summed E-state index contributed by atoms with van der Waals surface area (Å²) >= 11 is 0. The lowest BCUT2D eigenvalue weighted by atomic mass is 9.43. The fraction of sp³-hybridized carbons (Fsp3) is 0.875. The third kappa shape index (κ3) is 8.90. The van der Waals surface area contributed by atoms with Crippen molar-refractivity contribution in [2.24, 2.45) is 39.8 Å². The first-order valence-electron chi connectivity index (χ1n) is 17.4. The standard InChI is InChI=1S/C32H56BN7O8/c1-19(2)15-25(33-47-24-17-21-16-23(31(21,6)7)32(24,8)48-33)37-27(42)22(12-9-13-35-28(34)38-40(44)45)36-26(41)20-11-10-14-39(18-20)29(43)46-30(3,4)5/h19-25H,9-18H2,1-8H3,(H,36,41)(H,37,42)(H3,34,35,38)/t20?,21-,22-,23-,24+,25-,32-/m0/s1. The maximum Gasteiger partial charge on any atom is 0.481 e. The minimum atomic E-state index is -0.935. The number of ether oxygens (including phenoxy) is 1. The van der Waals surface area contributed by atoms with Crippen LogP contribution in [-0.2, 0) is 23.6 Å². The molecule has 7 atom stereocenters. The van der Waals surface area contributed by atoms with E-state index >= 15 is 0 Å². The van der Waals surface area contributed by atoms with Gasteiger partial charge in [-0.05, 0) is 95.8 Å². The first kappa shape index (κ1) is 37.7. The molecule has 2 heterocycles. The Kier molecular flexibility index (Phi) is 11.6. The molecule has 5 N–H and O–H groups in total. The zero-order valence-corrected chi connectivity index (χ0v) is 29.9. The highest BCUT2D eigenvalue weighted by Gasteiger charge is 2.68. The number of rotatable bonds is 12. The van der Waals surface area contributed by atoms with Crippen LogP contribution in [0.3, 0.4) is 0 Å². The van der Waals surface area contributed by atoms with E-state index in [2.05, 4.69) is 50.2 Å². The number of likely N-dealkylation sites (tertiary alicyclic amines) is 1. The summed E-state index contributed by atoms with van der Waals surface area (Å²) in [5, 5.41) is 15.9. The molecule has 16 heteroatoms. The fourth-order valence-electron chi connectivity index (χ4n) is 7.97. The molecule has 2 saturated heterocycles. The number of hydrazine groups is 1. The molecule has 0 aromatic rings. The molecule has 270 valence electrons. The zero-order chi connectivity index (χ0) is 35.6. The number of guanidine groups is 1. The highest BCUT2D eigenvalue weighted by atomic mass is 16.7. The van der Waals surface area contributed by atoms with Gasteiger partial charge in [0.1, 0.15) is 11.6 Å². The number of nitro groups is 1. The molecule has 1 unspecified atom stereocenters. The van der Waals surface area contributed by atoms with Gasteiger partial charge in [0.15, 0.2) is 5.03 Å². The van der Waals surface area contributed by atoms with E-state index in [4.69, 9.17) is 19.8 Å². The van der Waals surface area contributed by atoms with Crippen LogP contribution in [0.2, 0.25) is 0 Å². The summed E-state index contributed by atoms with van der Waals surface area (Å²) < 4.78 is 18.8. The van der Waals surface area contributed by atoms with Crippen molar-refractivity contribution in [1.29, 1.82) is 0 Å². The Morgan fingerprint density at radius 3 is 2.52 bits per heavy atom. The molecule has 3 aliphatic carbocycles. The summed E-state index contributed by atoms with van der Waals surface area (Å²) in [4.78, 5) is 56.5. The highest BCUT2D eigenvalue weighted by Crippen LogP contribution is 2.65. The van der Waals surface area contributed by atoms with E-state index in [0.29, 0.717) is 44.1 Å². The van der Waals surface area contributed by atoms with Crippen LogP contribution in [0.15, 0.2) is 4.99 Å². The molecule has 48 heavy (non-hydrogen) atoms. The van der Waals surface area contributed by atoms with Crippen LogP contribution in [0.1, 0.15) is 100 Å². The largest absolute Gasteiger partial charge is 0.481 e. The minimum Gasteiger partial charge on any atom is -0.444 e. The van der Waals surface area contributed by atoms with E-state index in [9.17, 15) is 24.5 Å². The Morgan fingerprint density at radius 1 is 1.19 bits per heavy atom. The summed E-state index contributed by atoms with van der Waals surface area (Å²) in [5.41, 5.74) is 6.43.